The van der Waals surface area contributed by atoms with Gasteiger partial charge in [0.05, 0.1) is 6.54 Å². The van der Waals surface area contributed by atoms with Crippen LogP contribution in [0.5, 0.6) is 0 Å². The minimum absolute atomic E-state index is 0.111. The van der Waals surface area contributed by atoms with E-state index in [1.165, 1.54) is 12.1 Å². The summed E-state index contributed by atoms with van der Waals surface area (Å²) in [7, 11) is 0. The molecule has 0 saturated carbocycles. The van der Waals surface area contributed by atoms with Crippen molar-refractivity contribution >= 4 is 0 Å². The maximum absolute atomic E-state index is 13.6. The lowest BCUT2D eigenvalue weighted by molar-refractivity contribution is -0.109. The maximum Gasteiger partial charge on any atom is 0.289 e. The fraction of sp³-hybridized carbons (Fsp3) is 0.500. The Morgan fingerprint density at radius 3 is 2.53 bits per heavy atom. The molecule has 0 amide bonds. The predicted molar refractivity (Wildman–Crippen MR) is 59.4 cm³/mol. The first-order valence-electron chi connectivity index (χ1n) is 5.37. The number of hydrogen-bond acceptors (Lipinski definition) is 2. The van der Waals surface area contributed by atoms with Crippen molar-refractivity contribution in [2.45, 2.75) is 31.9 Å². The second-order valence-corrected chi connectivity index (χ2v) is 4.25. The van der Waals surface area contributed by atoms with Crippen LogP contribution in [0.4, 0.5) is 13.2 Å². The molecule has 0 radical (unpaired) electrons. The van der Waals surface area contributed by atoms with Crippen LogP contribution < -0.4 is 5.32 Å². The molecule has 1 aromatic carbocycles. The molecule has 0 aliphatic carbocycles. The molecule has 2 N–H and O–H groups in total. The fourth-order valence-electron chi connectivity index (χ4n) is 1.36. The van der Waals surface area contributed by atoms with E-state index in [0.29, 0.717) is 0 Å². The largest absolute Gasteiger partial charge is 0.382 e. The van der Waals surface area contributed by atoms with E-state index in [-0.39, 0.29) is 11.6 Å². The van der Waals surface area contributed by atoms with E-state index in [0.717, 1.165) is 12.1 Å². The van der Waals surface area contributed by atoms with Gasteiger partial charge >= 0.3 is 0 Å². The Balaban J connectivity index is 2.77. The average molecular weight is 247 g/mol. The molecule has 0 bridgehead atoms. The van der Waals surface area contributed by atoms with Gasteiger partial charge in [-0.2, -0.15) is 0 Å². The van der Waals surface area contributed by atoms with Gasteiger partial charge in [0, 0.05) is 6.04 Å². The molecule has 1 aromatic rings. The van der Waals surface area contributed by atoms with E-state index >= 15 is 0 Å². The Hall–Kier alpha value is -1.07. The second-order valence-electron chi connectivity index (χ2n) is 4.25. The Morgan fingerprint density at radius 2 is 2.00 bits per heavy atom. The average Bonchev–Trinajstić information content (AvgIpc) is 2.25. The number of rotatable bonds is 5. The molecular weight excluding hydrogens is 231 g/mol. The summed E-state index contributed by atoms with van der Waals surface area (Å²) in [5, 5.41) is 12.1. The normalized spacial score (nSPS) is 14.1. The number of alkyl halides is 2. The lowest BCUT2D eigenvalue weighted by Crippen LogP contribution is -2.40. The van der Waals surface area contributed by atoms with Crippen molar-refractivity contribution in [2.24, 2.45) is 0 Å². The van der Waals surface area contributed by atoms with E-state index in [4.69, 9.17) is 0 Å². The van der Waals surface area contributed by atoms with Gasteiger partial charge in [-0.25, -0.2) is 13.2 Å². The van der Waals surface area contributed by atoms with Crippen LogP contribution in [0.2, 0.25) is 0 Å². The Labute approximate surface area is 98.5 Å². The van der Waals surface area contributed by atoms with Crippen LogP contribution in [0, 0.1) is 5.82 Å². The third-order valence-corrected chi connectivity index (χ3v) is 2.31. The van der Waals surface area contributed by atoms with Crippen molar-refractivity contribution in [1.82, 2.24) is 5.32 Å². The zero-order valence-electron chi connectivity index (χ0n) is 9.75. The van der Waals surface area contributed by atoms with Crippen molar-refractivity contribution in [3.05, 3.63) is 35.6 Å². The Kier molecular flexibility index (Phi) is 4.54. The van der Waals surface area contributed by atoms with Crippen LogP contribution in [-0.4, -0.2) is 23.6 Å². The van der Waals surface area contributed by atoms with Crippen molar-refractivity contribution < 1.29 is 18.3 Å². The number of hydrogen-bond donors (Lipinski definition) is 2. The molecule has 1 rings (SSSR count). The minimum Gasteiger partial charge on any atom is -0.382 e. The quantitative estimate of drug-likeness (QED) is 0.837. The van der Waals surface area contributed by atoms with Crippen LogP contribution in [0.15, 0.2) is 24.3 Å². The monoisotopic (exact) mass is 247 g/mol. The van der Waals surface area contributed by atoms with E-state index in [1.807, 2.05) is 0 Å². The van der Waals surface area contributed by atoms with Crippen molar-refractivity contribution in [1.29, 1.82) is 0 Å². The van der Waals surface area contributed by atoms with Crippen LogP contribution in [0.3, 0.4) is 0 Å². The highest BCUT2D eigenvalue weighted by Gasteiger charge is 2.39. The minimum atomic E-state index is -3.34. The van der Waals surface area contributed by atoms with E-state index < -0.39 is 24.4 Å². The van der Waals surface area contributed by atoms with Gasteiger partial charge in [-0.15, -0.1) is 0 Å². The standard InChI is InChI=1S/C12H16F3NO/c1-8(2)16-7-12(14,15)11(17)9-4-3-5-10(13)6-9/h3-6,8,11,16-17H,7H2,1-2H3. The van der Waals surface area contributed by atoms with Gasteiger partial charge in [-0.3, -0.25) is 0 Å². The zero-order valence-corrected chi connectivity index (χ0v) is 9.75. The van der Waals surface area contributed by atoms with Gasteiger partial charge in [-0.05, 0) is 17.7 Å². The van der Waals surface area contributed by atoms with E-state index in [1.54, 1.807) is 13.8 Å². The molecule has 0 fully saturated rings. The number of halogens is 3. The summed E-state index contributed by atoms with van der Waals surface area (Å²) in [6, 6.07) is 4.51. The molecule has 2 nitrogen and oxygen atoms in total. The molecule has 0 spiro atoms. The van der Waals surface area contributed by atoms with Gasteiger partial charge in [-0.1, -0.05) is 26.0 Å². The summed E-state index contributed by atoms with van der Waals surface area (Å²) in [5.74, 6) is -3.98. The number of nitrogens with one attached hydrogen (secondary N) is 1. The first-order chi connectivity index (χ1) is 7.83. The van der Waals surface area contributed by atoms with Crippen molar-refractivity contribution in [3.8, 4) is 0 Å². The van der Waals surface area contributed by atoms with Gasteiger partial charge < -0.3 is 10.4 Å². The molecule has 0 saturated heterocycles. The molecule has 1 unspecified atom stereocenters. The molecule has 96 valence electrons. The van der Waals surface area contributed by atoms with Crippen LogP contribution in [0.1, 0.15) is 25.5 Å². The van der Waals surface area contributed by atoms with Crippen LogP contribution in [-0.2, 0) is 0 Å². The summed E-state index contributed by atoms with van der Waals surface area (Å²) in [6.07, 6.45) is -2.01. The van der Waals surface area contributed by atoms with Gasteiger partial charge in [0.25, 0.3) is 5.92 Å². The molecule has 17 heavy (non-hydrogen) atoms. The summed E-state index contributed by atoms with van der Waals surface area (Å²) in [5.41, 5.74) is -0.124. The number of aliphatic hydroxyl groups excluding tert-OH is 1. The third kappa shape index (κ3) is 4.02. The molecule has 0 aliphatic rings. The van der Waals surface area contributed by atoms with Gasteiger partial charge in [0.2, 0.25) is 0 Å². The Bertz CT molecular complexity index is 369. The predicted octanol–water partition coefficient (Wildman–Crippen LogP) is 2.49. The summed E-state index contributed by atoms with van der Waals surface area (Å²) >= 11 is 0. The van der Waals surface area contributed by atoms with Crippen LogP contribution in [0.25, 0.3) is 0 Å². The molecule has 5 heteroatoms. The highest BCUT2D eigenvalue weighted by molar-refractivity contribution is 5.20. The summed E-state index contributed by atoms with van der Waals surface area (Å²) < 4.78 is 40.0. The number of aliphatic hydroxyl groups is 1. The molecule has 0 aliphatic heterocycles. The van der Waals surface area contributed by atoms with Crippen LogP contribution >= 0.6 is 0 Å². The lowest BCUT2D eigenvalue weighted by atomic mass is 10.0. The number of benzene rings is 1. The maximum atomic E-state index is 13.6. The lowest BCUT2D eigenvalue weighted by Gasteiger charge is -2.24. The first kappa shape index (κ1) is 14.0. The highest BCUT2D eigenvalue weighted by atomic mass is 19.3. The topological polar surface area (TPSA) is 32.3 Å². The zero-order chi connectivity index (χ0) is 13.1. The van der Waals surface area contributed by atoms with E-state index in [2.05, 4.69) is 5.32 Å². The molecule has 1 atom stereocenters. The smallest absolute Gasteiger partial charge is 0.289 e. The third-order valence-electron chi connectivity index (χ3n) is 2.31. The second kappa shape index (κ2) is 5.51. The molecule has 0 heterocycles. The summed E-state index contributed by atoms with van der Waals surface area (Å²) in [6.45, 7) is 2.80. The van der Waals surface area contributed by atoms with Crippen molar-refractivity contribution in [3.63, 3.8) is 0 Å². The van der Waals surface area contributed by atoms with Gasteiger partial charge in [0.15, 0.2) is 0 Å². The van der Waals surface area contributed by atoms with Crippen molar-refractivity contribution in [2.75, 3.05) is 6.54 Å². The Morgan fingerprint density at radius 1 is 1.35 bits per heavy atom. The fourth-order valence-corrected chi connectivity index (χ4v) is 1.36. The first-order valence-corrected chi connectivity index (χ1v) is 5.37. The van der Waals surface area contributed by atoms with E-state index in [9.17, 15) is 18.3 Å². The summed E-state index contributed by atoms with van der Waals surface area (Å²) in [4.78, 5) is 0. The molecule has 0 aromatic heterocycles. The molecular formula is C12H16F3NO. The highest BCUT2D eigenvalue weighted by Crippen LogP contribution is 2.30. The van der Waals surface area contributed by atoms with Gasteiger partial charge in [0.1, 0.15) is 11.9 Å². The SMILES string of the molecule is CC(C)NCC(F)(F)C(O)c1cccc(F)c1.